The number of carbonyl (C=O) groups excluding carboxylic acids is 2. The molecule has 3 heterocycles. The van der Waals surface area contributed by atoms with Crippen LogP contribution in [0.4, 0.5) is 5.00 Å². The molecule has 0 bridgehead atoms. The number of benzene rings is 1. The van der Waals surface area contributed by atoms with Gasteiger partial charge in [-0.3, -0.25) is 9.36 Å². The van der Waals surface area contributed by atoms with Crippen LogP contribution in [0.15, 0.2) is 56.7 Å². The molecule has 0 radical (unpaired) electrons. The molecule has 4 aromatic rings. The number of furan rings is 1. The zero-order valence-electron chi connectivity index (χ0n) is 19.5. The van der Waals surface area contributed by atoms with Gasteiger partial charge in [-0.15, -0.1) is 21.5 Å². The zero-order chi connectivity index (χ0) is 25.1. The number of thioether (sulfide) groups is 1. The predicted octanol–water partition coefficient (Wildman–Crippen LogP) is 6.44. The van der Waals surface area contributed by atoms with Gasteiger partial charge in [0.15, 0.2) is 15.6 Å². The number of carbonyl (C=O) groups is 2. The molecule has 8 nitrogen and oxygen atoms in total. The molecule has 0 aliphatic carbocycles. The first-order valence-electron chi connectivity index (χ1n) is 10.7. The van der Waals surface area contributed by atoms with Crippen molar-refractivity contribution in [2.24, 2.45) is 0 Å². The summed E-state index contributed by atoms with van der Waals surface area (Å²) in [4.78, 5) is 26.5. The van der Waals surface area contributed by atoms with Crippen LogP contribution in [0, 0.1) is 6.92 Å². The van der Waals surface area contributed by atoms with Crippen LogP contribution in [0.3, 0.4) is 0 Å². The molecule has 4 rings (SSSR count). The molecule has 0 saturated carbocycles. The van der Waals surface area contributed by atoms with Crippen LogP contribution >= 0.6 is 39.0 Å². The van der Waals surface area contributed by atoms with Crippen molar-refractivity contribution >= 4 is 55.9 Å². The van der Waals surface area contributed by atoms with Crippen molar-refractivity contribution in [1.82, 2.24) is 14.8 Å². The molecule has 0 aliphatic rings. The molecule has 0 atom stereocenters. The van der Waals surface area contributed by atoms with Gasteiger partial charge in [0.2, 0.25) is 11.7 Å². The number of nitrogens with zero attached hydrogens (tertiary/aromatic N) is 3. The lowest BCUT2D eigenvalue weighted by Crippen LogP contribution is -2.16. The molecule has 1 N–H and O–H groups in total. The van der Waals surface area contributed by atoms with Crippen LogP contribution < -0.4 is 5.32 Å². The Morgan fingerprint density at radius 3 is 2.57 bits per heavy atom. The number of hydrogen-bond acceptors (Lipinski definition) is 8. The van der Waals surface area contributed by atoms with Crippen molar-refractivity contribution in [1.29, 1.82) is 0 Å². The normalized spacial score (nSPS) is 11.1. The second-order valence-corrected chi connectivity index (χ2v) is 10.8. The molecule has 182 valence electrons. The topological polar surface area (TPSA) is 99.2 Å². The van der Waals surface area contributed by atoms with Crippen LogP contribution in [0.25, 0.3) is 22.7 Å². The van der Waals surface area contributed by atoms with Gasteiger partial charge in [0.25, 0.3) is 0 Å². The minimum absolute atomic E-state index is 0.0498. The Hall–Kier alpha value is -2.89. The van der Waals surface area contributed by atoms with Crippen molar-refractivity contribution in [3.63, 3.8) is 0 Å². The van der Waals surface area contributed by atoms with Crippen LogP contribution in [-0.4, -0.2) is 39.5 Å². The summed E-state index contributed by atoms with van der Waals surface area (Å²) < 4.78 is 13.2. The summed E-state index contributed by atoms with van der Waals surface area (Å²) in [7, 11) is 1.33. The van der Waals surface area contributed by atoms with E-state index in [0.29, 0.717) is 32.0 Å². The van der Waals surface area contributed by atoms with Gasteiger partial charge in [0, 0.05) is 16.5 Å². The minimum atomic E-state index is -0.495. The number of nitrogens with one attached hydrogen (secondary N) is 1. The van der Waals surface area contributed by atoms with E-state index in [1.807, 2.05) is 61.7 Å². The maximum Gasteiger partial charge on any atom is 0.341 e. The highest BCUT2D eigenvalue weighted by atomic mass is 79.9. The Balaban J connectivity index is 1.55. The van der Waals surface area contributed by atoms with Gasteiger partial charge < -0.3 is 14.5 Å². The number of ether oxygens (including phenoxy) is 1. The maximum atomic E-state index is 12.9. The molecular weight excluding hydrogens is 552 g/mol. The zero-order valence-corrected chi connectivity index (χ0v) is 22.7. The Morgan fingerprint density at radius 2 is 1.94 bits per heavy atom. The molecule has 3 aromatic heterocycles. The summed E-state index contributed by atoms with van der Waals surface area (Å²) in [6.45, 7) is 5.94. The lowest BCUT2D eigenvalue weighted by molar-refractivity contribution is -0.113. The first-order valence-corrected chi connectivity index (χ1v) is 13.3. The molecule has 0 unspecified atom stereocenters. The van der Waals surface area contributed by atoms with E-state index in [0.717, 1.165) is 16.0 Å². The number of halogens is 1. The molecule has 0 spiro atoms. The average molecular weight is 576 g/mol. The quantitative estimate of drug-likeness (QED) is 0.191. The van der Waals surface area contributed by atoms with E-state index in [-0.39, 0.29) is 17.7 Å². The highest BCUT2D eigenvalue weighted by Crippen LogP contribution is 2.40. The van der Waals surface area contributed by atoms with Gasteiger partial charge in [0.05, 0.1) is 12.9 Å². The SMILES string of the molecule is COC(=O)c1c(NC(=O)CSc2nnc(-c3ccc(Br)o3)n2C(C)C)sc(C)c1-c1ccccc1. The largest absolute Gasteiger partial charge is 0.465 e. The molecule has 0 aliphatic heterocycles. The lowest BCUT2D eigenvalue weighted by atomic mass is 10.0. The fraction of sp³-hybridized carbons (Fsp3) is 0.250. The van der Waals surface area contributed by atoms with E-state index < -0.39 is 5.97 Å². The number of amides is 1. The second-order valence-electron chi connectivity index (χ2n) is 7.81. The van der Waals surface area contributed by atoms with E-state index in [2.05, 4.69) is 31.4 Å². The van der Waals surface area contributed by atoms with Crippen LogP contribution in [0.5, 0.6) is 0 Å². The number of rotatable bonds is 8. The number of aromatic nitrogens is 3. The van der Waals surface area contributed by atoms with Crippen molar-refractivity contribution in [3.8, 4) is 22.7 Å². The van der Waals surface area contributed by atoms with Crippen molar-refractivity contribution in [2.45, 2.75) is 32.0 Å². The van der Waals surface area contributed by atoms with Gasteiger partial charge in [0.1, 0.15) is 10.6 Å². The smallest absolute Gasteiger partial charge is 0.341 e. The van der Waals surface area contributed by atoms with Crippen LogP contribution in [-0.2, 0) is 9.53 Å². The maximum absolute atomic E-state index is 12.9. The first kappa shape index (κ1) is 25.2. The van der Waals surface area contributed by atoms with Crippen LogP contribution in [0.2, 0.25) is 0 Å². The Morgan fingerprint density at radius 1 is 1.20 bits per heavy atom. The summed E-state index contributed by atoms with van der Waals surface area (Å²) in [5.74, 6) is 0.499. The van der Waals surface area contributed by atoms with E-state index in [4.69, 9.17) is 9.15 Å². The predicted molar refractivity (Wildman–Crippen MR) is 141 cm³/mol. The van der Waals surface area contributed by atoms with E-state index in [1.165, 1.54) is 30.2 Å². The Bertz CT molecular complexity index is 1360. The summed E-state index contributed by atoms with van der Waals surface area (Å²) >= 11 is 5.92. The van der Waals surface area contributed by atoms with E-state index >= 15 is 0 Å². The second kappa shape index (κ2) is 10.8. The molecular formula is C24H23BrN4O4S2. The fourth-order valence-corrected chi connectivity index (χ4v) is 5.87. The van der Waals surface area contributed by atoms with Crippen molar-refractivity contribution < 1.29 is 18.7 Å². The number of aryl methyl sites for hydroxylation is 1. The summed E-state index contributed by atoms with van der Waals surface area (Å²) in [5.41, 5.74) is 2.01. The summed E-state index contributed by atoms with van der Waals surface area (Å²) in [5, 5.41) is 12.5. The van der Waals surface area contributed by atoms with Crippen LogP contribution in [0.1, 0.15) is 35.1 Å². The van der Waals surface area contributed by atoms with Gasteiger partial charge in [-0.05, 0) is 54.4 Å². The van der Waals surface area contributed by atoms with Crippen molar-refractivity contribution in [3.05, 3.63) is 57.6 Å². The summed E-state index contributed by atoms with van der Waals surface area (Å²) in [6, 6.07) is 13.2. The average Bonchev–Trinajstić information content (AvgIpc) is 3.54. The highest BCUT2D eigenvalue weighted by Gasteiger charge is 2.26. The monoisotopic (exact) mass is 574 g/mol. The first-order chi connectivity index (χ1) is 16.8. The molecule has 0 fully saturated rings. The van der Waals surface area contributed by atoms with Gasteiger partial charge in [-0.25, -0.2) is 4.79 Å². The third kappa shape index (κ3) is 5.36. The molecule has 1 aromatic carbocycles. The standard InChI is InChI=1S/C24H23BrN4O4S2/c1-13(2)29-21(16-10-11-17(25)33-16)27-28-24(29)34-12-18(30)26-22-20(23(31)32-4)19(14(3)35-22)15-8-6-5-7-9-15/h5-11,13H,12H2,1-4H3,(H,26,30). The Labute approximate surface area is 219 Å². The summed E-state index contributed by atoms with van der Waals surface area (Å²) in [6.07, 6.45) is 0. The number of anilines is 1. The minimum Gasteiger partial charge on any atom is -0.465 e. The van der Waals surface area contributed by atoms with E-state index in [9.17, 15) is 9.59 Å². The Kier molecular flexibility index (Phi) is 7.78. The number of thiophene rings is 1. The van der Waals surface area contributed by atoms with Gasteiger partial charge in [-0.1, -0.05) is 42.1 Å². The van der Waals surface area contributed by atoms with Gasteiger partial charge >= 0.3 is 5.97 Å². The fourth-order valence-electron chi connectivity index (χ4n) is 3.62. The molecule has 35 heavy (non-hydrogen) atoms. The van der Waals surface area contributed by atoms with Gasteiger partial charge in [-0.2, -0.15) is 0 Å². The molecule has 0 saturated heterocycles. The van der Waals surface area contributed by atoms with E-state index in [1.54, 1.807) is 6.07 Å². The number of esters is 1. The third-order valence-corrected chi connectivity index (χ3v) is 7.49. The lowest BCUT2D eigenvalue weighted by Gasteiger charge is -2.12. The number of methoxy groups -OCH3 is 1. The third-order valence-electron chi connectivity index (χ3n) is 5.10. The highest BCUT2D eigenvalue weighted by molar-refractivity contribution is 9.10. The molecule has 1 amide bonds. The molecule has 11 heteroatoms. The van der Waals surface area contributed by atoms with Crippen molar-refractivity contribution in [2.75, 3.05) is 18.2 Å². The number of hydrogen-bond donors (Lipinski definition) is 1.